The van der Waals surface area contributed by atoms with Crippen LogP contribution in [0.15, 0.2) is 0 Å². The second-order valence-electron chi connectivity index (χ2n) is 5.97. The Bertz CT molecular complexity index is 213. The molecule has 2 nitrogen and oxygen atoms in total. The van der Waals surface area contributed by atoms with Crippen molar-refractivity contribution in [3.63, 3.8) is 0 Å². The van der Waals surface area contributed by atoms with E-state index in [0.717, 1.165) is 12.2 Å². The van der Waals surface area contributed by atoms with Gasteiger partial charge in [-0.15, -0.1) is 0 Å². The fourth-order valence-electron chi connectivity index (χ4n) is 1.18. The van der Waals surface area contributed by atoms with Crippen molar-refractivity contribution in [2.45, 2.75) is 58.8 Å². The topological polar surface area (TPSA) is 43.1 Å². The van der Waals surface area contributed by atoms with Crippen LogP contribution in [0.4, 0.5) is 0 Å². The molecule has 90 valence electrons. The molecule has 0 spiro atoms. The van der Waals surface area contributed by atoms with Crippen LogP contribution in [0, 0.1) is 5.41 Å². The van der Waals surface area contributed by atoms with Gasteiger partial charge in [0.05, 0.1) is 6.04 Å². The van der Waals surface area contributed by atoms with Crippen LogP contribution < -0.4 is 5.73 Å². The van der Waals surface area contributed by atoms with Gasteiger partial charge in [-0.1, -0.05) is 41.5 Å². The van der Waals surface area contributed by atoms with Crippen LogP contribution in [-0.2, 0) is 4.79 Å². The van der Waals surface area contributed by atoms with E-state index < -0.39 is 0 Å². The summed E-state index contributed by atoms with van der Waals surface area (Å²) in [4.78, 5) is 11.8. The third kappa shape index (κ3) is 6.96. The van der Waals surface area contributed by atoms with Crippen LogP contribution in [0.1, 0.15) is 48.0 Å². The summed E-state index contributed by atoms with van der Waals surface area (Å²) in [6.07, 6.45) is 0.776. The van der Waals surface area contributed by atoms with Gasteiger partial charge in [0, 0.05) is 10.2 Å². The summed E-state index contributed by atoms with van der Waals surface area (Å²) in [7, 11) is 0. The minimum Gasteiger partial charge on any atom is -0.321 e. The summed E-state index contributed by atoms with van der Waals surface area (Å²) >= 11 is 1.86. The maximum atomic E-state index is 11.8. The molecule has 0 unspecified atom stereocenters. The van der Waals surface area contributed by atoms with E-state index in [-0.39, 0.29) is 22.0 Å². The highest BCUT2D eigenvalue weighted by molar-refractivity contribution is 8.00. The number of carbonyl (C=O) groups excluding carboxylic acids is 1. The molecule has 0 heterocycles. The second-order valence-corrected chi connectivity index (χ2v) is 7.89. The largest absolute Gasteiger partial charge is 0.321 e. The Hall–Kier alpha value is -0.0200. The molecule has 0 saturated heterocycles. The highest BCUT2D eigenvalue weighted by Crippen LogP contribution is 2.25. The summed E-state index contributed by atoms with van der Waals surface area (Å²) < 4.78 is 0.254. The van der Waals surface area contributed by atoms with Crippen LogP contribution >= 0.6 is 11.8 Å². The van der Waals surface area contributed by atoms with E-state index in [2.05, 4.69) is 20.8 Å². The second kappa shape index (κ2) is 5.35. The first kappa shape index (κ1) is 15.0. The standard InChI is InChI=1S/C12H25NOS/c1-11(2,3)10(14)9(13)7-8-15-12(4,5)6/h9H,7-8,13H2,1-6H3/t9-/m0/s1. The van der Waals surface area contributed by atoms with Gasteiger partial charge in [0.25, 0.3) is 0 Å². The molecule has 1 atom stereocenters. The summed E-state index contributed by atoms with van der Waals surface area (Å²) in [6.45, 7) is 12.3. The number of hydrogen-bond acceptors (Lipinski definition) is 3. The molecule has 3 heteroatoms. The minimum atomic E-state index is -0.314. The van der Waals surface area contributed by atoms with Crippen LogP contribution in [0.25, 0.3) is 0 Å². The number of hydrogen-bond donors (Lipinski definition) is 1. The zero-order valence-corrected chi connectivity index (χ0v) is 11.7. The van der Waals surface area contributed by atoms with E-state index in [1.807, 2.05) is 32.5 Å². The molecular weight excluding hydrogens is 206 g/mol. The fourth-order valence-corrected chi connectivity index (χ4v) is 2.16. The number of carbonyl (C=O) groups is 1. The van der Waals surface area contributed by atoms with Crippen LogP contribution in [0.2, 0.25) is 0 Å². The van der Waals surface area contributed by atoms with Gasteiger partial charge in [0.15, 0.2) is 5.78 Å². The molecule has 15 heavy (non-hydrogen) atoms. The maximum absolute atomic E-state index is 11.8. The quantitative estimate of drug-likeness (QED) is 0.809. The number of Topliss-reactive ketones (excluding diaryl/α,β-unsaturated/α-hetero) is 1. The van der Waals surface area contributed by atoms with Gasteiger partial charge in [-0.3, -0.25) is 4.79 Å². The SMILES string of the molecule is CC(C)(C)SCC[C@H](N)C(=O)C(C)(C)C. The van der Waals surface area contributed by atoms with Gasteiger partial charge in [0.2, 0.25) is 0 Å². The first-order valence-electron chi connectivity index (χ1n) is 5.48. The molecule has 0 aromatic rings. The average Bonchev–Trinajstić information content (AvgIpc) is 1.98. The Morgan fingerprint density at radius 2 is 1.67 bits per heavy atom. The predicted octanol–water partition coefficient (Wildman–Crippen LogP) is 2.85. The van der Waals surface area contributed by atoms with Crippen molar-refractivity contribution in [2.24, 2.45) is 11.1 Å². The summed E-state index contributed by atoms with van der Waals surface area (Å²) in [5.41, 5.74) is 5.56. The predicted molar refractivity (Wildman–Crippen MR) is 69.3 cm³/mol. The molecule has 0 aliphatic rings. The molecular formula is C12H25NOS. The van der Waals surface area contributed by atoms with Crippen molar-refractivity contribution in [1.82, 2.24) is 0 Å². The average molecular weight is 231 g/mol. The van der Waals surface area contributed by atoms with Crippen molar-refractivity contribution < 1.29 is 4.79 Å². The van der Waals surface area contributed by atoms with Gasteiger partial charge in [-0.25, -0.2) is 0 Å². The van der Waals surface area contributed by atoms with Crippen LogP contribution in [-0.4, -0.2) is 22.3 Å². The van der Waals surface area contributed by atoms with Gasteiger partial charge in [-0.05, 0) is 12.2 Å². The van der Waals surface area contributed by atoms with Gasteiger partial charge in [-0.2, -0.15) is 11.8 Å². The third-order valence-corrected chi connectivity index (χ3v) is 3.35. The molecule has 0 amide bonds. The monoisotopic (exact) mass is 231 g/mol. The van der Waals surface area contributed by atoms with Gasteiger partial charge in [0.1, 0.15) is 0 Å². The first-order valence-corrected chi connectivity index (χ1v) is 6.46. The molecule has 0 aliphatic carbocycles. The third-order valence-electron chi connectivity index (χ3n) is 2.04. The molecule has 0 aromatic heterocycles. The van der Waals surface area contributed by atoms with Crippen LogP contribution in [0.3, 0.4) is 0 Å². The fraction of sp³-hybridized carbons (Fsp3) is 0.917. The lowest BCUT2D eigenvalue weighted by Gasteiger charge is -2.23. The molecule has 0 rings (SSSR count). The smallest absolute Gasteiger partial charge is 0.154 e. The van der Waals surface area contributed by atoms with E-state index in [0.29, 0.717) is 0 Å². The molecule has 0 aromatic carbocycles. The zero-order chi connectivity index (χ0) is 12.3. The Labute approximate surface area is 98.4 Å². The van der Waals surface area contributed by atoms with E-state index in [9.17, 15) is 4.79 Å². The zero-order valence-electron chi connectivity index (χ0n) is 10.9. The summed E-state index contributed by atoms with van der Waals surface area (Å²) in [5.74, 6) is 1.11. The number of rotatable bonds is 4. The van der Waals surface area contributed by atoms with Gasteiger partial charge >= 0.3 is 0 Å². The number of nitrogens with two attached hydrogens (primary N) is 1. The Kier molecular flexibility index (Phi) is 5.34. The number of thioether (sulfide) groups is 1. The van der Waals surface area contributed by atoms with Crippen molar-refractivity contribution >= 4 is 17.5 Å². The Morgan fingerprint density at radius 3 is 2.00 bits per heavy atom. The lowest BCUT2D eigenvalue weighted by Crippen LogP contribution is -2.39. The van der Waals surface area contributed by atoms with Gasteiger partial charge < -0.3 is 5.73 Å². The Balaban J connectivity index is 3.96. The normalized spacial score (nSPS) is 15.1. The molecule has 0 aliphatic heterocycles. The molecule has 0 fully saturated rings. The van der Waals surface area contributed by atoms with E-state index in [4.69, 9.17) is 5.73 Å². The van der Waals surface area contributed by atoms with E-state index in [1.54, 1.807) is 0 Å². The lowest BCUT2D eigenvalue weighted by molar-refractivity contribution is -0.127. The van der Waals surface area contributed by atoms with E-state index >= 15 is 0 Å². The van der Waals surface area contributed by atoms with E-state index in [1.165, 1.54) is 0 Å². The van der Waals surface area contributed by atoms with Crippen molar-refractivity contribution in [2.75, 3.05) is 5.75 Å². The highest BCUT2D eigenvalue weighted by Gasteiger charge is 2.26. The first-order chi connectivity index (χ1) is 6.54. The maximum Gasteiger partial charge on any atom is 0.154 e. The Morgan fingerprint density at radius 1 is 1.20 bits per heavy atom. The highest BCUT2D eigenvalue weighted by atomic mass is 32.2. The van der Waals surface area contributed by atoms with Crippen LogP contribution in [0.5, 0.6) is 0 Å². The van der Waals surface area contributed by atoms with Crippen molar-refractivity contribution in [3.8, 4) is 0 Å². The molecule has 0 radical (unpaired) electrons. The lowest BCUT2D eigenvalue weighted by atomic mass is 9.86. The molecule has 0 bridgehead atoms. The van der Waals surface area contributed by atoms with Crippen molar-refractivity contribution in [1.29, 1.82) is 0 Å². The molecule has 0 saturated carbocycles. The van der Waals surface area contributed by atoms with Crippen molar-refractivity contribution in [3.05, 3.63) is 0 Å². The number of ketones is 1. The summed E-state index contributed by atoms with van der Waals surface area (Å²) in [5, 5.41) is 0. The molecule has 2 N–H and O–H groups in total. The minimum absolute atomic E-state index is 0.164. The summed E-state index contributed by atoms with van der Waals surface area (Å²) in [6, 6.07) is -0.306.